The SMILES string of the molecule is C=C(C)C(=O)NCCCCCCCCCCC(=O)O.C=C(C)C(=O)OCCN(C)C. The molecule has 7 nitrogen and oxygen atoms in total. The summed E-state index contributed by atoms with van der Waals surface area (Å²) in [6, 6.07) is 0. The molecule has 0 saturated heterocycles. The molecule has 2 N–H and O–H groups in total. The minimum Gasteiger partial charge on any atom is -0.481 e. The Morgan fingerprint density at radius 3 is 1.80 bits per heavy atom. The van der Waals surface area contributed by atoms with E-state index in [1.54, 1.807) is 13.8 Å². The molecule has 174 valence electrons. The topological polar surface area (TPSA) is 95.9 Å². The van der Waals surface area contributed by atoms with Crippen molar-refractivity contribution in [1.29, 1.82) is 0 Å². The van der Waals surface area contributed by atoms with Gasteiger partial charge >= 0.3 is 11.9 Å². The van der Waals surface area contributed by atoms with Crippen LogP contribution in [-0.2, 0) is 19.1 Å². The number of amides is 1. The number of nitrogens with zero attached hydrogens (tertiary/aromatic N) is 1. The molecule has 0 aromatic rings. The fraction of sp³-hybridized carbons (Fsp3) is 0.696. The van der Waals surface area contributed by atoms with Crippen LogP contribution in [0.4, 0.5) is 0 Å². The van der Waals surface area contributed by atoms with Crippen LogP contribution >= 0.6 is 0 Å². The van der Waals surface area contributed by atoms with Gasteiger partial charge in [0.05, 0.1) is 0 Å². The molecule has 0 heterocycles. The maximum absolute atomic E-state index is 11.2. The first-order valence-corrected chi connectivity index (χ1v) is 10.7. The number of carboxylic acid groups (broad SMARTS) is 1. The van der Waals surface area contributed by atoms with Crippen molar-refractivity contribution in [3.63, 3.8) is 0 Å². The molecule has 0 radical (unpaired) electrons. The van der Waals surface area contributed by atoms with Gasteiger partial charge in [0.2, 0.25) is 5.91 Å². The van der Waals surface area contributed by atoms with Gasteiger partial charge < -0.3 is 20.1 Å². The van der Waals surface area contributed by atoms with E-state index in [1.165, 1.54) is 19.3 Å². The monoisotopic (exact) mass is 426 g/mol. The molecule has 0 rings (SSSR count). The Labute approximate surface area is 182 Å². The Bertz CT molecular complexity index is 530. The van der Waals surface area contributed by atoms with Crippen molar-refractivity contribution in [1.82, 2.24) is 10.2 Å². The first kappa shape index (κ1) is 30.0. The molecule has 7 heteroatoms. The summed E-state index contributed by atoms with van der Waals surface area (Å²) in [6.45, 7) is 12.3. The third-order valence-electron chi connectivity index (χ3n) is 4.11. The average Bonchev–Trinajstić information content (AvgIpc) is 2.65. The molecule has 0 aliphatic carbocycles. The molecule has 0 unspecified atom stereocenters. The van der Waals surface area contributed by atoms with Crippen LogP contribution in [0.1, 0.15) is 71.6 Å². The van der Waals surface area contributed by atoms with Crippen molar-refractivity contribution in [2.45, 2.75) is 71.6 Å². The normalized spacial score (nSPS) is 10.0. The third-order valence-corrected chi connectivity index (χ3v) is 4.11. The summed E-state index contributed by atoms with van der Waals surface area (Å²) in [4.78, 5) is 34.2. The second kappa shape index (κ2) is 20.1. The van der Waals surface area contributed by atoms with Gasteiger partial charge in [-0.2, -0.15) is 0 Å². The molecule has 0 aliphatic heterocycles. The Morgan fingerprint density at radius 2 is 1.37 bits per heavy atom. The zero-order chi connectivity index (χ0) is 23.4. The van der Waals surface area contributed by atoms with Crippen LogP contribution in [-0.4, -0.2) is 61.6 Å². The van der Waals surface area contributed by atoms with E-state index < -0.39 is 5.97 Å². The lowest BCUT2D eigenvalue weighted by atomic mass is 10.1. The minimum absolute atomic E-state index is 0.0570. The molecule has 0 aromatic heterocycles. The van der Waals surface area contributed by atoms with E-state index in [-0.39, 0.29) is 11.9 Å². The number of ether oxygens (including phenoxy) is 1. The van der Waals surface area contributed by atoms with E-state index in [1.807, 2.05) is 19.0 Å². The largest absolute Gasteiger partial charge is 0.481 e. The van der Waals surface area contributed by atoms with Gasteiger partial charge in [0.25, 0.3) is 0 Å². The summed E-state index contributed by atoms with van der Waals surface area (Å²) < 4.78 is 4.83. The molecule has 0 spiro atoms. The number of hydrogen-bond donors (Lipinski definition) is 2. The van der Waals surface area contributed by atoms with Crippen molar-refractivity contribution >= 4 is 17.8 Å². The number of hydrogen-bond acceptors (Lipinski definition) is 5. The zero-order valence-corrected chi connectivity index (χ0v) is 19.4. The molecule has 0 atom stereocenters. The summed E-state index contributed by atoms with van der Waals surface area (Å²) in [5.74, 6) is -1.07. The number of esters is 1. The summed E-state index contributed by atoms with van der Waals surface area (Å²) in [5, 5.41) is 11.3. The van der Waals surface area contributed by atoms with Gasteiger partial charge in [-0.15, -0.1) is 0 Å². The number of carbonyl (C=O) groups is 3. The smallest absolute Gasteiger partial charge is 0.333 e. The highest BCUT2D eigenvalue weighted by molar-refractivity contribution is 5.92. The second-order valence-corrected chi connectivity index (χ2v) is 7.73. The van der Waals surface area contributed by atoms with Crippen LogP contribution in [0.5, 0.6) is 0 Å². The predicted molar refractivity (Wildman–Crippen MR) is 121 cm³/mol. The van der Waals surface area contributed by atoms with Crippen LogP contribution in [0.3, 0.4) is 0 Å². The fourth-order valence-corrected chi connectivity index (χ4v) is 2.26. The number of carboxylic acids is 1. The Balaban J connectivity index is 0. The predicted octanol–water partition coefficient (Wildman–Crippen LogP) is 3.94. The molecule has 0 saturated carbocycles. The van der Waals surface area contributed by atoms with Crippen molar-refractivity contribution in [3.8, 4) is 0 Å². The molecule has 0 bridgehead atoms. The second-order valence-electron chi connectivity index (χ2n) is 7.73. The van der Waals surface area contributed by atoms with E-state index in [9.17, 15) is 14.4 Å². The first-order valence-electron chi connectivity index (χ1n) is 10.7. The standard InChI is InChI=1S/C15H27NO3.C8H15NO2/c1-13(2)15(19)16-12-10-8-6-4-3-5-7-9-11-14(17)18;1-7(2)8(10)11-6-5-9(3)4/h1,3-12H2,2H3,(H,16,19)(H,17,18);1,5-6H2,2-4H3. The van der Waals surface area contributed by atoms with Gasteiger partial charge in [-0.05, 0) is 40.8 Å². The Morgan fingerprint density at radius 1 is 0.867 bits per heavy atom. The molecular formula is C23H42N2O5. The number of unbranched alkanes of at least 4 members (excludes halogenated alkanes) is 7. The van der Waals surface area contributed by atoms with Gasteiger partial charge in [-0.25, -0.2) is 4.79 Å². The molecular weight excluding hydrogens is 384 g/mol. The minimum atomic E-state index is -0.697. The van der Waals surface area contributed by atoms with Gasteiger partial charge in [0, 0.05) is 30.7 Å². The van der Waals surface area contributed by atoms with Crippen molar-refractivity contribution < 1.29 is 24.2 Å². The van der Waals surface area contributed by atoms with E-state index in [4.69, 9.17) is 9.84 Å². The number of likely N-dealkylation sites (N-methyl/N-ethyl adjacent to an activating group) is 1. The highest BCUT2D eigenvalue weighted by Crippen LogP contribution is 2.09. The number of nitrogens with one attached hydrogen (secondary N) is 1. The fourth-order valence-electron chi connectivity index (χ4n) is 2.26. The zero-order valence-electron chi connectivity index (χ0n) is 19.4. The highest BCUT2D eigenvalue weighted by atomic mass is 16.5. The lowest BCUT2D eigenvalue weighted by Crippen LogP contribution is -2.24. The molecule has 0 aliphatic rings. The summed E-state index contributed by atoms with van der Waals surface area (Å²) >= 11 is 0. The van der Waals surface area contributed by atoms with E-state index in [0.717, 1.165) is 45.2 Å². The van der Waals surface area contributed by atoms with E-state index in [2.05, 4.69) is 18.5 Å². The number of carbonyl (C=O) groups excluding carboxylic acids is 2. The summed E-state index contributed by atoms with van der Waals surface area (Å²) in [5.41, 5.74) is 1.00. The van der Waals surface area contributed by atoms with Crippen molar-refractivity contribution in [2.24, 2.45) is 0 Å². The van der Waals surface area contributed by atoms with Gasteiger partial charge in [-0.1, -0.05) is 51.7 Å². The van der Waals surface area contributed by atoms with Crippen LogP contribution in [0.2, 0.25) is 0 Å². The molecule has 0 fully saturated rings. The van der Waals surface area contributed by atoms with E-state index in [0.29, 0.717) is 24.2 Å². The maximum atomic E-state index is 11.2. The molecule has 30 heavy (non-hydrogen) atoms. The van der Waals surface area contributed by atoms with Crippen LogP contribution in [0.25, 0.3) is 0 Å². The molecule has 1 amide bonds. The van der Waals surface area contributed by atoms with Gasteiger partial charge in [-0.3, -0.25) is 9.59 Å². The lowest BCUT2D eigenvalue weighted by molar-refractivity contribution is -0.139. The summed E-state index contributed by atoms with van der Waals surface area (Å²) in [6.07, 6.45) is 8.93. The van der Waals surface area contributed by atoms with Gasteiger partial charge in [0.15, 0.2) is 0 Å². The maximum Gasteiger partial charge on any atom is 0.333 e. The van der Waals surface area contributed by atoms with Crippen LogP contribution in [0.15, 0.2) is 24.3 Å². The number of rotatable bonds is 16. The average molecular weight is 427 g/mol. The number of aliphatic carboxylic acids is 1. The van der Waals surface area contributed by atoms with Gasteiger partial charge in [0.1, 0.15) is 6.61 Å². The van der Waals surface area contributed by atoms with Crippen molar-refractivity contribution in [3.05, 3.63) is 24.3 Å². The quantitative estimate of drug-likeness (QED) is 0.220. The lowest BCUT2D eigenvalue weighted by Gasteiger charge is -2.09. The summed E-state index contributed by atoms with van der Waals surface area (Å²) in [7, 11) is 3.85. The Hall–Kier alpha value is -2.15. The van der Waals surface area contributed by atoms with Crippen molar-refractivity contribution in [2.75, 3.05) is 33.8 Å². The highest BCUT2D eigenvalue weighted by Gasteiger charge is 2.02. The van der Waals surface area contributed by atoms with Crippen LogP contribution in [0, 0.1) is 0 Å². The molecule has 0 aromatic carbocycles. The third kappa shape index (κ3) is 23.9. The Kier molecular flexibility index (Phi) is 20.2. The van der Waals surface area contributed by atoms with Crippen LogP contribution < -0.4 is 5.32 Å². The first-order chi connectivity index (χ1) is 14.1. The van der Waals surface area contributed by atoms with E-state index >= 15 is 0 Å².